The molecule has 0 bridgehead atoms. The number of methoxy groups -OCH3 is 1. The van der Waals surface area contributed by atoms with Gasteiger partial charge >= 0.3 is 5.97 Å². The second kappa shape index (κ2) is 5.97. The van der Waals surface area contributed by atoms with Crippen molar-refractivity contribution in [2.75, 3.05) is 18.6 Å². The lowest BCUT2D eigenvalue weighted by atomic mass is 10.2. The van der Waals surface area contributed by atoms with E-state index in [0.717, 1.165) is 12.8 Å². The van der Waals surface area contributed by atoms with Gasteiger partial charge in [-0.3, -0.25) is 4.79 Å². The van der Waals surface area contributed by atoms with Crippen LogP contribution in [0, 0.1) is 0 Å². The summed E-state index contributed by atoms with van der Waals surface area (Å²) in [6.45, 7) is 0. The fourth-order valence-corrected chi connectivity index (χ4v) is 2.41. The maximum absolute atomic E-state index is 11.6. The van der Waals surface area contributed by atoms with Crippen LogP contribution in [-0.2, 0) is 9.53 Å². The molecule has 1 aliphatic carbocycles. The minimum Gasteiger partial charge on any atom is -0.465 e. The van der Waals surface area contributed by atoms with Gasteiger partial charge in [0, 0.05) is 10.9 Å². The van der Waals surface area contributed by atoms with Crippen molar-refractivity contribution in [2.45, 2.75) is 23.8 Å². The number of hydrogen-bond acceptors (Lipinski definition) is 5. The lowest BCUT2D eigenvalue weighted by Gasteiger charge is -2.09. The second-order valence-corrected chi connectivity index (χ2v) is 5.36. The van der Waals surface area contributed by atoms with Crippen LogP contribution in [0.3, 0.4) is 0 Å². The summed E-state index contributed by atoms with van der Waals surface area (Å²) in [6, 6.07) is 5.47. The number of ether oxygens (including phenoxy) is 1. The van der Waals surface area contributed by atoms with Gasteiger partial charge in [-0.15, -0.1) is 11.8 Å². The van der Waals surface area contributed by atoms with Gasteiger partial charge in [-0.2, -0.15) is 0 Å². The number of thioether (sulfide) groups is 1. The lowest BCUT2D eigenvalue weighted by Crippen LogP contribution is -2.27. The molecule has 0 saturated heterocycles. The van der Waals surface area contributed by atoms with Gasteiger partial charge in [-0.1, -0.05) is 6.07 Å². The van der Waals surface area contributed by atoms with E-state index >= 15 is 0 Å². The van der Waals surface area contributed by atoms with Gasteiger partial charge in [0.25, 0.3) is 0 Å². The van der Waals surface area contributed by atoms with E-state index in [-0.39, 0.29) is 5.91 Å². The highest BCUT2D eigenvalue weighted by Gasteiger charge is 2.23. The maximum atomic E-state index is 11.6. The highest BCUT2D eigenvalue weighted by Crippen LogP contribution is 2.28. The minimum atomic E-state index is -0.470. The van der Waals surface area contributed by atoms with Crippen LogP contribution in [0.4, 0.5) is 5.69 Å². The van der Waals surface area contributed by atoms with Gasteiger partial charge in [0.2, 0.25) is 5.91 Å². The Morgan fingerprint density at radius 2 is 2.21 bits per heavy atom. The van der Waals surface area contributed by atoms with E-state index in [0.29, 0.717) is 27.9 Å². The summed E-state index contributed by atoms with van der Waals surface area (Å²) >= 11 is 1.32. The Labute approximate surface area is 115 Å². The van der Waals surface area contributed by atoms with Crippen molar-refractivity contribution >= 4 is 29.3 Å². The van der Waals surface area contributed by atoms with Crippen molar-refractivity contribution < 1.29 is 14.3 Å². The Morgan fingerprint density at radius 3 is 2.84 bits per heavy atom. The van der Waals surface area contributed by atoms with Crippen LogP contribution in [0.15, 0.2) is 23.1 Å². The van der Waals surface area contributed by atoms with Crippen molar-refractivity contribution in [1.82, 2.24) is 5.32 Å². The zero-order chi connectivity index (χ0) is 13.8. The molecule has 0 heterocycles. The average molecular weight is 280 g/mol. The quantitative estimate of drug-likeness (QED) is 0.484. The number of carbonyl (C=O) groups excluding carboxylic acids is 2. The molecule has 2 rings (SSSR count). The Kier molecular flexibility index (Phi) is 4.31. The fourth-order valence-electron chi connectivity index (χ4n) is 1.60. The van der Waals surface area contributed by atoms with Crippen molar-refractivity contribution in [3.05, 3.63) is 23.8 Å². The Bertz CT molecular complexity index is 501. The van der Waals surface area contributed by atoms with E-state index in [9.17, 15) is 9.59 Å². The molecule has 19 heavy (non-hydrogen) atoms. The minimum absolute atomic E-state index is 0.00429. The molecule has 0 aliphatic heterocycles. The molecule has 1 aliphatic rings. The number of carbonyl (C=O) groups is 2. The molecular weight excluding hydrogens is 264 g/mol. The third-order valence-corrected chi connectivity index (χ3v) is 3.85. The highest BCUT2D eigenvalue weighted by atomic mass is 32.2. The zero-order valence-electron chi connectivity index (χ0n) is 10.6. The van der Waals surface area contributed by atoms with Crippen LogP contribution >= 0.6 is 11.8 Å². The average Bonchev–Trinajstić information content (AvgIpc) is 3.20. The number of benzene rings is 1. The third-order valence-electron chi connectivity index (χ3n) is 2.77. The van der Waals surface area contributed by atoms with Gasteiger partial charge in [0.15, 0.2) is 0 Å². The number of nitrogen functional groups attached to an aromatic ring is 1. The van der Waals surface area contributed by atoms with Gasteiger partial charge in [-0.05, 0) is 25.0 Å². The number of anilines is 1. The Balaban J connectivity index is 1.99. The van der Waals surface area contributed by atoms with Crippen molar-refractivity contribution in [3.63, 3.8) is 0 Å². The molecule has 1 aromatic carbocycles. The van der Waals surface area contributed by atoms with Gasteiger partial charge in [-0.25, -0.2) is 4.79 Å². The first-order chi connectivity index (χ1) is 9.11. The van der Waals surface area contributed by atoms with Crippen molar-refractivity contribution in [1.29, 1.82) is 0 Å². The monoisotopic (exact) mass is 280 g/mol. The molecule has 3 N–H and O–H groups in total. The number of para-hydroxylation sites is 1. The number of rotatable bonds is 5. The SMILES string of the molecule is COC(=O)c1cccc(SCC(=O)NC2CC2)c1N. The zero-order valence-corrected chi connectivity index (χ0v) is 11.5. The summed E-state index contributed by atoms with van der Waals surface area (Å²) in [4.78, 5) is 23.8. The molecule has 0 radical (unpaired) electrons. The smallest absolute Gasteiger partial charge is 0.339 e. The third kappa shape index (κ3) is 3.64. The summed E-state index contributed by atoms with van der Waals surface area (Å²) in [5.74, 6) is -0.177. The summed E-state index contributed by atoms with van der Waals surface area (Å²) in [5.41, 5.74) is 6.59. The van der Waals surface area contributed by atoms with E-state index in [1.54, 1.807) is 18.2 Å². The van der Waals surface area contributed by atoms with Gasteiger partial charge < -0.3 is 15.8 Å². The molecule has 102 valence electrons. The molecule has 1 aromatic rings. The summed E-state index contributed by atoms with van der Waals surface area (Å²) in [7, 11) is 1.31. The van der Waals surface area contributed by atoms with E-state index in [2.05, 4.69) is 10.1 Å². The van der Waals surface area contributed by atoms with Crippen LogP contribution in [0.5, 0.6) is 0 Å². The van der Waals surface area contributed by atoms with Crippen LogP contribution in [0.2, 0.25) is 0 Å². The van der Waals surface area contributed by atoms with Crippen LogP contribution in [0.1, 0.15) is 23.2 Å². The van der Waals surface area contributed by atoms with E-state index in [4.69, 9.17) is 5.73 Å². The summed E-state index contributed by atoms with van der Waals surface area (Å²) < 4.78 is 4.65. The highest BCUT2D eigenvalue weighted by molar-refractivity contribution is 8.00. The first kappa shape index (κ1) is 13.7. The van der Waals surface area contributed by atoms with Crippen molar-refractivity contribution in [3.8, 4) is 0 Å². The van der Waals surface area contributed by atoms with Crippen LogP contribution in [0.25, 0.3) is 0 Å². The predicted molar refractivity (Wildman–Crippen MR) is 74.1 cm³/mol. The molecule has 0 aromatic heterocycles. The maximum Gasteiger partial charge on any atom is 0.339 e. The van der Waals surface area contributed by atoms with E-state index in [1.165, 1.54) is 18.9 Å². The standard InChI is InChI=1S/C13H16N2O3S/c1-18-13(17)9-3-2-4-10(12(9)14)19-7-11(16)15-8-5-6-8/h2-4,8H,5-7,14H2,1H3,(H,15,16). The number of amides is 1. The molecule has 0 atom stereocenters. The van der Waals surface area contributed by atoms with Gasteiger partial charge in [0.05, 0.1) is 24.1 Å². The number of hydrogen-bond donors (Lipinski definition) is 2. The summed E-state index contributed by atoms with van der Waals surface area (Å²) in [6.07, 6.45) is 2.13. The Hall–Kier alpha value is -1.69. The normalized spacial score (nSPS) is 13.9. The van der Waals surface area contributed by atoms with Crippen LogP contribution < -0.4 is 11.1 Å². The molecule has 6 heteroatoms. The Morgan fingerprint density at radius 1 is 1.47 bits per heavy atom. The largest absolute Gasteiger partial charge is 0.465 e. The first-order valence-corrected chi connectivity index (χ1v) is 6.99. The molecule has 0 spiro atoms. The predicted octanol–water partition coefficient (Wildman–Crippen LogP) is 1.43. The van der Waals surface area contributed by atoms with E-state index < -0.39 is 5.97 Å². The topological polar surface area (TPSA) is 81.4 Å². The number of esters is 1. The molecule has 1 amide bonds. The lowest BCUT2D eigenvalue weighted by molar-refractivity contribution is -0.118. The molecule has 0 unspecified atom stereocenters. The molecule has 1 saturated carbocycles. The van der Waals surface area contributed by atoms with E-state index in [1.807, 2.05) is 0 Å². The van der Waals surface area contributed by atoms with Crippen molar-refractivity contribution in [2.24, 2.45) is 0 Å². The number of nitrogens with two attached hydrogens (primary N) is 1. The van der Waals surface area contributed by atoms with Crippen LogP contribution in [-0.4, -0.2) is 30.8 Å². The number of nitrogens with one attached hydrogen (secondary N) is 1. The van der Waals surface area contributed by atoms with Gasteiger partial charge in [0.1, 0.15) is 0 Å². The molecular formula is C13H16N2O3S. The second-order valence-electron chi connectivity index (χ2n) is 4.34. The summed E-state index contributed by atoms with van der Waals surface area (Å²) in [5, 5.41) is 2.90. The first-order valence-electron chi connectivity index (χ1n) is 6.00. The molecule has 5 nitrogen and oxygen atoms in total. The molecule has 1 fully saturated rings. The fraction of sp³-hybridized carbons (Fsp3) is 0.385.